The quantitative estimate of drug-likeness (QED) is 0.611. The molecule has 1 aliphatic heterocycles. The highest BCUT2D eigenvalue weighted by molar-refractivity contribution is 6.07. The minimum absolute atomic E-state index is 0.0169. The topological polar surface area (TPSA) is 75.0 Å². The van der Waals surface area contributed by atoms with Crippen LogP contribution in [-0.4, -0.2) is 20.0 Å². The van der Waals surface area contributed by atoms with Gasteiger partial charge in [0.2, 0.25) is 0 Å². The standard InChI is InChI=1S/C23H22O6/c1-11-8-19-21(12(2)13(3)23(25)29-19)22-20(11)16(24)10-18(28-22)15-7-6-14(26-4)9-17(15)27-5/h6-9,18H,10H2,1-5H3/t18-/m1/s1. The summed E-state index contributed by atoms with van der Waals surface area (Å²) < 4.78 is 22.6. The Bertz CT molecular complexity index is 1200. The van der Waals surface area contributed by atoms with Crippen molar-refractivity contribution in [2.24, 2.45) is 0 Å². The maximum Gasteiger partial charge on any atom is 0.339 e. The SMILES string of the molecule is COc1ccc([C@H]2CC(=O)c3c(C)cc4oc(=O)c(C)c(C)c4c3O2)c(OC)c1. The summed E-state index contributed by atoms with van der Waals surface area (Å²) in [5, 5.41) is 0.660. The fourth-order valence-corrected chi connectivity index (χ4v) is 3.89. The van der Waals surface area contributed by atoms with Crippen molar-refractivity contribution in [2.75, 3.05) is 14.2 Å². The second-order valence-corrected chi connectivity index (χ2v) is 7.25. The van der Waals surface area contributed by atoms with Crippen LogP contribution in [0.2, 0.25) is 0 Å². The maximum atomic E-state index is 13.1. The van der Waals surface area contributed by atoms with Crippen molar-refractivity contribution >= 4 is 16.8 Å². The zero-order valence-corrected chi connectivity index (χ0v) is 17.0. The van der Waals surface area contributed by atoms with Crippen molar-refractivity contribution < 1.29 is 23.4 Å². The molecule has 150 valence electrons. The number of ketones is 1. The third-order valence-electron chi connectivity index (χ3n) is 5.59. The molecule has 3 aromatic rings. The van der Waals surface area contributed by atoms with Crippen LogP contribution in [0.3, 0.4) is 0 Å². The van der Waals surface area contributed by atoms with Gasteiger partial charge in [-0.25, -0.2) is 4.79 Å². The molecule has 0 saturated carbocycles. The van der Waals surface area contributed by atoms with Gasteiger partial charge >= 0.3 is 5.63 Å². The summed E-state index contributed by atoms with van der Waals surface area (Å²) in [6, 6.07) is 7.15. The van der Waals surface area contributed by atoms with E-state index in [4.69, 9.17) is 18.6 Å². The van der Waals surface area contributed by atoms with Gasteiger partial charge in [-0.05, 0) is 50.1 Å². The summed E-state index contributed by atoms with van der Waals surface area (Å²) in [5.41, 5.74) is 3.32. The maximum absolute atomic E-state index is 13.1. The number of ether oxygens (including phenoxy) is 3. The van der Waals surface area contributed by atoms with Crippen LogP contribution in [0.25, 0.3) is 11.0 Å². The van der Waals surface area contributed by atoms with Gasteiger partial charge in [0.05, 0.1) is 31.6 Å². The molecule has 0 aliphatic carbocycles. The number of carbonyl (C=O) groups excluding carboxylic acids is 1. The molecule has 1 atom stereocenters. The summed E-state index contributed by atoms with van der Waals surface area (Å²) >= 11 is 0. The molecule has 0 N–H and O–H groups in total. The number of methoxy groups -OCH3 is 2. The van der Waals surface area contributed by atoms with Crippen LogP contribution >= 0.6 is 0 Å². The van der Waals surface area contributed by atoms with Crippen molar-refractivity contribution in [1.82, 2.24) is 0 Å². The van der Waals surface area contributed by atoms with Gasteiger partial charge in [0, 0.05) is 17.2 Å². The summed E-state index contributed by atoms with van der Waals surface area (Å²) in [7, 11) is 3.15. The normalized spacial score (nSPS) is 15.8. The second kappa shape index (κ2) is 6.95. The van der Waals surface area contributed by atoms with Crippen LogP contribution in [0.1, 0.15) is 45.1 Å². The molecule has 0 radical (unpaired) electrons. The van der Waals surface area contributed by atoms with Crippen LogP contribution in [0.15, 0.2) is 33.5 Å². The van der Waals surface area contributed by atoms with Crippen LogP contribution in [-0.2, 0) is 0 Å². The smallest absolute Gasteiger partial charge is 0.339 e. The summed E-state index contributed by atoms with van der Waals surface area (Å²) in [6.07, 6.45) is -0.330. The fraction of sp³-hybridized carbons (Fsp3) is 0.304. The molecule has 6 heteroatoms. The zero-order chi connectivity index (χ0) is 20.9. The first-order valence-electron chi connectivity index (χ1n) is 9.35. The second-order valence-electron chi connectivity index (χ2n) is 7.25. The van der Waals surface area contributed by atoms with E-state index in [1.807, 2.05) is 26.0 Å². The van der Waals surface area contributed by atoms with Crippen LogP contribution in [0.5, 0.6) is 17.2 Å². The Kier molecular flexibility index (Phi) is 4.57. The highest BCUT2D eigenvalue weighted by atomic mass is 16.5. The Morgan fingerprint density at radius 2 is 1.76 bits per heavy atom. The van der Waals surface area contributed by atoms with Crippen LogP contribution in [0, 0.1) is 20.8 Å². The third kappa shape index (κ3) is 2.95. The molecule has 0 amide bonds. The number of aryl methyl sites for hydroxylation is 2. The zero-order valence-electron chi connectivity index (χ0n) is 17.0. The monoisotopic (exact) mass is 394 g/mol. The highest BCUT2D eigenvalue weighted by Gasteiger charge is 2.33. The van der Waals surface area contributed by atoms with Crippen molar-refractivity contribution in [3.8, 4) is 17.2 Å². The number of rotatable bonds is 3. The first-order chi connectivity index (χ1) is 13.8. The van der Waals surface area contributed by atoms with E-state index in [9.17, 15) is 9.59 Å². The summed E-state index contributed by atoms with van der Waals surface area (Å²) in [5.74, 6) is 1.69. The lowest BCUT2D eigenvalue weighted by Crippen LogP contribution is -2.22. The Labute approximate surface area is 168 Å². The molecular weight excluding hydrogens is 372 g/mol. The molecular formula is C23H22O6. The number of carbonyl (C=O) groups is 1. The third-order valence-corrected chi connectivity index (χ3v) is 5.59. The minimum Gasteiger partial charge on any atom is -0.497 e. The Morgan fingerprint density at radius 3 is 2.45 bits per heavy atom. The summed E-state index contributed by atoms with van der Waals surface area (Å²) in [4.78, 5) is 25.2. The van der Waals surface area contributed by atoms with Gasteiger partial charge in [0.15, 0.2) is 5.78 Å². The number of hydrogen-bond acceptors (Lipinski definition) is 6. The molecule has 0 bridgehead atoms. The fourth-order valence-electron chi connectivity index (χ4n) is 3.89. The summed E-state index contributed by atoms with van der Waals surface area (Å²) in [6.45, 7) is 5.38. The number of fused-ring (bicyclic) bond motifs is 3. The predicted octanol–water partition coefficient (Wildman–Crippen LogP) is 4.44. The lowest BCUT2D eigenvalue weighted by molar-refractivity contribution is 0.0849. The van der Waals surface area contributed by atoms with Gasteiger partial charge in [-0.1, -0.05) is 0 Å². The molecule has 0 unspecified atom stereocenters. The van der Waals surface area contributed by atoms with E-state index in [-0.39, 0.29) is 17.8 Å². The van der Waals surface area contributed by atoms with E-state index in [0.29, 0.717) is 39.3 Å². The highest BCUT2D eigenvalue weighted by Crippen LogP contribution is 2.44. The molecule has 6 nitrogen and oxygen atoms in total. The van der Waals surface area contributed by atoms with Crippen LogP contribution in [0.4, 0.5) is 0 Å². The Morgan fingerprint density at radius 1 is 1.00 bits per heavy atom. The average molecular weight is 394 g/mol. The number of Topliss-reactive ketones (excluding diaryl/α,β-unsaturated/α-hetero) is 1. The molecule has 29 heavy (non-hydrogen) atoms. The predicted molar refractivity (Wildman–Crippen MR) is 109 cm³/mol. The lowest BCUT2D eigenvalue weighted by Gasteiger charge is -2.29. The van der Waals surface area contributed by atoms with E-state index >= 15 is 0 Å². The van der Waals surface area contributed by atoms with Crippen molar-refractivity contribution in [3.05, 3.63) is 62.5 Å². The van der Waals surface area contributed by atoms with Gasteiger partial charge in [-0.3, -0.25) is 4.79 Å². The molecule has 2 heterocycles. The van der Waals surface area contributed by atoms with Crippen LogP contribution < -0.4 is 19.8 Å². The van der Waals surface area contributed by atoms with E-state index < -0.39 is 6.10 Å². The first-order valence-corrected chi connectivity index (χ1v) is 9.35. The molecule has 0 spiro atoms. The molecule has 1 aliphatic rings. The van der Waals surface area contributed by atoms with E-state index in [1.54, 1.807) is 33.3 Å². The lowest BCUT2D eigenvalue weighted by atomic mass is 9.90. The molecule has 1 aromatic heterocycles. The number of hydrogen-bond donors (Lipinski definition) is 0. The van der Waals surface area contributed by atoms with Gasteiger partial charge in [-0.2, -0.15) is 0 Å². The first kappa shape index (κ1) is 19.1. The van der Waals surface area contributed by atoms with Crippen molar-refractivity contribution in [3.63, 3.8) is 0 Å². The van der Waals surface area contributed by atoms with Gasteiger partial charge < -0.3 is 18.6 Å². The van der Waals surface area contributed by atoms with E-state index in [1.165, 1.54) is 0 Å². The van der Waals surface area contributed by atoms with Gasteiger partial charge in [0.25, 0.3) is 0 Å². The largest absolute Gasteiger partial charge is 0.497 e. The van der Waals surface area contributed by atoms with Crippen molar-refractivity contribution in [2.45, 2.75) is 33.3 Å². The Hall–Kier alpha value is -3.28. The van der Waals surface area contributed by atoms with E-state index in [0.717, 1.165) is 16.7 Å². The number of benzene rings is 2. The van der Waals surface area contributed by atoms with Gasteiger partial charge in [-0.15, -0.1) is 0 Å². The van der Waals surface area contributed by atoms with E-state index in [2.05, 4.69) is 0 Å². The Balaban J connectivity index is 1.93. The molecule has 0 fully saturated rings. The molecule has 2 aromatic carbocycles. The molecule has 0 saturated heterocycles. The molecule has 4 rings (SSSR count). The van der Waals surface area contributed by atoms with Gasteiger partial charge in [0.1, 0.15) is 28.9 Å². The van der Waals surface area contributed by atoms with Crippen molar-refractivity contribution in [1.29, 1.82) is 0 Å². The minimum atomic E-state index is -0.521. The average Bonchev–Trinajstić information content (AvgIpc) is 2.70.